The van der Waals surface area contributed by atoms with Gasteiger partial charge in [0.25, 0.3) is 0 Å². The Morgan fingerprint density at radius 1 is 0.977 bits per heavy atom. The van der Waals surface area contributed by atoms with Crippen LogP contribution in [-0.2, 0) is 30.8 Å². The van der Waals surface area contributed by atoms with Crippen LogP contribution in [-0.4, -0.2) is 81.7 Å². The molecule has 3 aromatic carbocycles. The number of carbonyl (C=O) groups is 3. The Labute approximate surface area is 246 Å². The van der Waals surface area contributed by atoms with Gasteiger partial charge >= 0.3 is 0 Å². The first-order valence-electron chi connectivity index (χ1n) is 13.1. The molecule has 0 aromatic heterocycles. The summed E-state index contributed by atoms with van der Waals surface area (Å²) in [7, 11) is -1.20. The Bertz CT molecular complexity index is 1600. The van der Waals surface area contributed by atoms with Gasteiger partial charge in [-0.15, -0.1) is 0 Å². The van der Waals surface area contributed by atoms with E-state index in [4.69, 9.17) is 4.74 Å². The fraction of sp³-hybridized carbons (Fsp3) is 0.276. The van der Waals surface area contributed by atoms with E-state index < -0.39 is 64.3 Å². The summed E-state index contributed by atoms with van der Waals surface area (Å²) < 4.78 is 73.2. The molecule has 228 valence electrons. The van der Waals surface area contributed by atoms with E-state index in [0.29, 0.717) is 17.5 Å². The Morgan fingerprint density at radius 3 is 2.26 bits per heavy atom. The lowest BCUT2D eigenvalue weighted by Gasteiger charge is -2.33. The highest BCUT2D eigenvalue weighted by Crippen LogP contribution is 2.21. The van der Waals surface area contributed by atoms with E-state index in [1.807, 2.05) is 0 Å². The predicted octanol–water partition coefficient (Wildman–Crippen LogP) is 2.34. The van der Waals surface area contributed by atoms with Gasteiger partial charge in [0.1, 0.15) is 29.2 Å². The van der Waals surface area contributed by atoms with Crippen LogP contribution in [0.2, 0.25) is 0 Å². The summed E-state index contributed by atoms with van der Waals surface area (Å²) in [6.07, 6.45) is -0.257. The minimum absolute atomic E-state index is 0.117. The highest BCUT2D eigenvalue weighted by atomic mass is 32.2. The Hall–Kier alpha value is -4.43. The van der Waals surface area contributed by atoms with E-state index in [2.05, 4.69) is 5.32 Å². The molecule has 1 aliphatic rings. The molecule has 1 saturated heterocycles. The van der Waals surface area contributed by atoms with Crippen LogP contribution in [0.15, 0.2) is 71.6 Å². The van der Waals surface area contributed by atoms with Crippen LogP contribution in [0.5, 0.6) is 5.75 Å². The molecule has 3 aromatic rings. The largest absolute Gasteiger partial charge is 0.497 e. The number of anilines is 1. The van der Waals surface area contributed by atoms with Gasteiger partial charge < -0.3 is 19.9 Å². The summed E-state index contributed by atoms with van der Waals surface area (Å²) in [5.41, 5.74) is 0.577. The van der Waals surface area contributed by atoms with Gasteiger partial charge in [-0.1, -0.05) is 6.07 Å². The Balaban J connectivity index is 1.46. The quantitative estimate of drug-likeness (QED) is 0.373. The third-order valence-electron chi connectivity index (χ3n) is 6.84. The fourth-order valence-electron chi connectivity index (χ4n) is 4.58. The molecular weight excluding hydrogens is 589 g/mol. The number of ether oxygens (including phenoxy) is 1. The van der Waals surface area contributed by atoms with Gasteiger partial charge in [-0.3, -0.25) is 14.4 Å². The number of hydrogen-bond donors (Lipinski definition) is 1. The van der Waals surface area contributed by atoms with Gasteiger partial charge in [0.2, 0.25) is 27.7 Å². The molecule has 4 rings (SSSR count). The number of nitrogens with zero attached hydrogens (tertiary/aromatic N) is 3. The van der Waals surface area contributed by atoms with Crippen molar-refractivity contribution in [2.24, 2.45) is 0 Å². The Kier molecular flexibility index (Phi) is 9.71. The second-order valence-electron chi connectivity index (χ2n) is 9.81. The lowest BCUT2D eigenvalue weighted by atomic mass is 10.0. The van der Waals surface area contributed by atoms with Gasteiger partial charge in [0.05, 0.1) is 25.1 Å². The van der Waals surface area contributed by atoms with E-state index >= 15 is 0 Å². The smallest absolute Gasteiger partial charge is 0.249 e. The zero-order chi connectivity index (χ0) is 31.3. The molecule has 14 heteroatoms. The maximum atomic E-state index is 13.9. The van der Waals surface area contributed by atoms with Crippen molar-refractivity contribution in [3.8, 4) is 5.75 Å². The summed E-state index contributed by atoms with van der Waals surface area (Å²) >= 11 is 0. The number of rotatable bonds is 10. The van der Waals surface area contributed by atoms with Crippen LogP contribution in [0.25, 0.3) is 0 Å². The van der Waals surface area contributed by atoms with Crippen LogP contribution < -0.4 is 15.0 Å². The second-order valence-corrected chi connectivity index (χ2v) is 11.7. The number of benzene rings is 3. The molecule has 3 amide bonds. The fourth-order valence-corrected chi connectivity index (χ4v) is 5.99. The first-order valence-corrected chi connectivity index (χ1v) is 14.5. The SMILES string of the molecule is COc1ccc(N(C)C(=O)[C@H](Cc2cc(F)cc(F)c2)NC(=O)CN2CCN(S(=O)(=O)c3cccc(F)c3)CC2=O)cc1. The minimum Gasteiger partial charge on any atom is -0.497 e. The molecule has 1 atom stereocenters. The molecule has 0 saturated carbocycles. The summed E-state index contributed by atoms with van der Waals surface area (Å²) in [6.45, 7) is -1.36. The number of methoxy groups -OCH3 is 1. The normalized spacial score (nSPS) is 14.7. The zero-order valence-electron chi connectivity index (χ0n) is 23.3. The Morgan fingerprint density at radius 2 is 1.65 bits per heavy atom. The minimum atomic E-state index is -4.16. The van der Waals surface area contributed by atoms with Crippen molar-refractivity contribution in [1.82, 2.24) is 14.5 Å². The number of nitrogens with one attached hydrogen (secondary N) is 1. The van der Waals surface area contributed by atoms with Crippen LogP contribution in [0.1, 0.15) is 5.56 Å². The molecule has 10 nitrogen and oxygen atoms in total. The van der Waals surface area contributed by atoms with Crippen molar-refractivity contribution in [2.45, 2.75) is 17.4 Å². The maximum Gasteiger partial charge on any atom is 0.249 e. The number of hydrogen-bond acceptors (Lipinski definition) is 6. The summed E-state index contributed by atoms with van der Waals surface area (Å²) in [6, 6.07) is 12.4. The van der Waals surface area contributed by atoms with Crippen LogP contribution in [0.3, 0.4) is 0 Å². The average molecular weight is 619 g/mol. The molecule has 1 aliphatic heterocycles. The molecule has 1 fully saturated rings. The van der Waals surface area contributed by atoms with E-state index in [0.717, 1.165) is 33.5 Å². The first kappa shape index (κ1) is 31.5. The van der Waals surface area contributed by atoms with E-state index in [1.54, 1.807) is 24.3 Å². The predicted molar refractivity (Wildman–Crippen MR) is 150 cm³/mol. The zero-order valence-corrected chi connectivity index (χ0v) is 24.1. The van der Waals surface area contributed by atoms with Gasteiger partial charge in [-0.2, -0.15) is 4.31 Å². The van der Waals surface area contributed by atoms with Gasteiger partial charge in [-0.05, 0) is 60.2 Å². The highest BCUT2D eigenvalue weighted by molar-refractivity contribution is 7.89. The number of likely N-dealkylation sites (N-methyl/N-ethyl adjacent to an activating group) is 1. The lowest BCUT2D eigenvalue weighted by molar-refractivity contribution is -0.139. The van der Waals surface area contributed by atoms with Crippen molar-refractivity contribution in [1.29, 1.82) is 0 Å². The third-order valence-corrected chi connectivity index (χ3v) is 8.68. The maximum absolute atomic E-state index is 13.9. The lowest BCUT2D eigenvalue weighted by Crippen LogP contribution is -2.56. The van der Waals surface area contributed by atoms with Crippen molar-refractivity contribution in [2.75, 3.05) is 45.2 Å². The second kappa shape index (κ2) is 13.3. The van der Waals surface area contributed by atoms with E-state index in [-0.39, 0.29) is 30.0 Å². The molecule has 0 unspecified atom stereocenters. The average Bonchev–Trinajstić information content (AvgIpc) is 2.96. The number of sulfonamides is 1. The van der Waals surface area contributed by atoms with Crippen LogP contribution in [0.4, 0.5) is 18.9 Å². The topological polar surface area (TPSA) is 116 Å². The highest BCUT2D eigenvalue weighted by Gasteiger charge is 2.34. The molecule has 0 aliphatic carbocycles. The first-order chi connectivity index (χ1) is 20.4. The van der Waals surface area contributed by atoms with Gasteiger partial charge in [-0.25, -0.2) is 21.6 Å². The summed E-state index contributed by atoms with van der Waals surface area (Å²) in [4.78, 5) is 41.5. The molecule has 0 spiro atoms. The van der Waals surface area contributed by atoms with Crippen LogP contribution in [0, 0.1) is 17.5 Å². The number of halogens is 3. The molecular formula is C29H29F3N4O6S. The number of carbonyl (C=O) groups excluding carboxylic acids is 3. The standard InChI is InChI=1S/C29H29F3N4O6S/c1-34(23-6-8-24(42-2)9-7-23)29(39)26(14-19-12-21(31)15-22(32)13-19)33-27(37)17-35-10-11-36(18-28(35)38)43(40,41)25-5-3-4-20(30)16-25/h3-9,12-13,15-16,26H,10-11,14,17-18H2,1-2H3,(H,33,37)/t26-/m0/s1. The summed E-state index contributed by atoms with van der Waals surface area (Å²) in [5, 5.41) is 2.55. The molecule has 0 radical (unpaired) electrons. The monoisotopic (exact) mass is 618 g/mol. The van der Waals surface area contributed by atoms with Crippen molar-refractivity contribution in [3.63, 3.8) is 0 Å². The van der Waals surface area contributed by atoms with E-state index in [9.17, 15) is 36.0 Å². The van der Waals surface area contributed by atoms with Gasteiger partial charge in [0, 0.05) is 38.3 Å². The van der Waals surface area contributed by atoms with Gasteiger partial charge in [0.15, 0.2) is 0 Å². The third kappa shape index (κ3) is 7.70. The number of amides is 3. The summed E-state index contributed by atoms with van der Waals surface area (Å²) in [5.74, 6) is -3.91. The molecule has 43 heavy (non-hydrogen) atoms. The van der Waals surface area contributed by atoms with Crippen LogP contribution >= 0.6 is 0 Å². The number of piperazine rings is 1. The van der Waals surface area contributed by atoms with Crippen molar-refractivity contribution in [3.05, 3.63) is 89.7 Å². The van der Waals surface area contributed by atoms with Crippen molar-refractivity contribution < 1.29 is 40.7 Å². The molecule has 0 bridgehead atoms. The van der Waals surface area contributed by atoms with Crippen molar-refractivity contribution >= 4 is 33.4 Å². The molecule has 1 N–H and O–H groups in total. The van der Waals surface area contributed by atoms with E-state index in [1.165, 1.54) is 31.2 Å². The molecule has 1 heterocycles.